The van der Waals surface area contributed by atoms with Crippen LogP contribution in [0.3, 0.4) is 0 Å². The van der Waals surface area contributed by atoms with Gasteiger partial charge in [-0.25, -0.2) is 0 Å². The third-order valence-electron chi connectivity index (χ3n) is 1.77. The zero-order valence-corrected chi connectivity index (χ0v) is 7.64. The number of hydrogen-bond acceptors (Lipinski definition) is 2. The minimum absolute atomic E-state index is 0.101. The highest BCUT2D eigenvalue weighted by molar-refractivity contribution is 5.84. The maximum atomic E-state index is 12.8. The van der Waals surface area contributed by atoms with E-state index in [1.54, 1.807) is 13.8 Å². The highest BCUT2D eigenvalue weighted by atomic mass is 19.3. The summed E-state index contributed by atoms with van der Waals surface area (Å²) in [6, 6.07) is 0. The second kappa shape index (κ2) is 3.57. The van der Waals surface area contributed by atoms with Gasteiger partial charge in [-0.1, -0.05) is 0 Å². The fourth-order valence-corrected chi connectivity index (χ4v) is 1.27. The topological polar surface area (TPSA) is 38.3 Å². The first-order valence-corrected chi connectivity index (χ1v) is 4.23. The van der Waals surface area contributed by atoms with Crippen LogP contribution in [0.4, 0.5) is 8.78 Å². The van der Waals surface area contributed by atoms with Crippen molar-refractivity contribution in [2.24, 2.45) is 0 Å². The number of alkyl halides is 2. The fourth-order valence-electron chi connectivity index (χ4n) is 1.27. The molecule has 76 valence electrons. The average molecular weight is 193 g/mol. The first kappa shape index (κ1) is 10.4. The van der Waals surface area contributed by atoms with E-state index in [0.717, 1.165) is 0 Å². The normalized spacial score (nSPS) is 27.5. The molecule has 1 heterocycles. The summed E-state index contributed by atoms with van der Waals surface area (Å²) in [7, 11) is 0. The SMILES string of the molecule is CC(C)OC1CNC(=O)C(F)(F)C1. The van der Waals surface area contributed by atoms with Crippen LogP contribution in [0.15, 0.2) is 0 Å². The average Bonchev–Trinajstić information content (AvgIpc) is 1.95. The molecule has 1 unspecified atom stereocenters. The lowest BCUT2D eigenvalue weighted by molar-refractivity contribution is -0.160. The molecule has 0 aromatic heterocycles. The molecule has 1 N–H and O–H groups in total. The molecule has 5 heteroatoms. The molecular weight excluding hydrogens is 180 g/mol. The summed E-state index contributed by atoms with van der Waals surface area (Å²) < 4.78 is 30.8. The van der Waals surface area contributed by atoms with Gasteiger partial charge in [0.2, 0.25) is 0 Å². The summed E-state index contributed by atoms with van der Waals surface area (Å²) in [4.78, 5) is 10.6. The summed E-state index contributed by atoms with van der Waals surface area (Å²) in [6.07, 6.45) is -1.19. The second-order valence-corrected chi connectivity index (χ2v) is 3.43. The molecule has 0 aromatic rings. The number of hydrogen-bond donors (Lipinski definition) is 1. The van der Waals surface area contributed by atoms with Gasteiger partial charge in [0.25, 0.3) is 5.91 Å². The van der Waals surface area contributed by atoms with Gasteiger partial charge in [0.05, 0.1) is 12.2 Å². The Kier molecular flexibility index (Phi) is 2.85. The van der Waals surface area contributed by atoms with Crippen LogP contribution in [0.1, 0.15) is 20.3 Å². The lowest BCUT2D eigenvalue weighted by Gasteiger charge is -2.29. The zero-order valence-electron chi connectivity index (χ0n) is 7.64. The van der Waals surface area contributed by atoms with Gasteiger partial charge >= 0.3 is 5.92 Å². The van der Waals surface area contributed by atoms with Gasteiger partial charge < -0.3 is 10.1 Å². The molecular formula is C8H13F2NO2. The molecule has 0 aromatic carbocycles. The van der Waals surface area contributed by atoms with Crippen molar-refractivity contribution in [2.45, 2.75) is 38.4 Å². The monoisotopic (exact) mass is 193 g/mol. The lowest BCUT2D eigenvalue weighted by Crippen LogP contribution is -2.52. The Morgan fingerprint density at radius 3 is 2.69 bits per heavy atom. The molecule has 1 aliphatic heterocycles. The predicted molar refractivity (Wildman–Crippen MR) is 42.6 cm³/mol. The van der Waals surface area contributed by atoms with Crippen LogP contribution < -0.4 is 5.32 Å². The van der Waals surface area contributed by atoms with Crippen LogP contribution in [0.5, 0.6) is 0 Å². The Balaban J connectivity index is 2.51. The van der Waals surface area contributed by atoms with Crippen LogP contribution >= 0.6 is 0 Å². The third kappa shape index (κ3) is 2.62. The van der Waals surface area contributed by atoms with Gasteiger partial charge in [0.15, 0.2) is 0 Å². The largest absolute Gasteiger partial charge is 0.373 e. The fraction of sp³-hybridized carbons (Fsp3) is 0.875. The van der Waals surface area contributed by atoms with Crippen molar-refractivity contribution in [1.82, 2.24) is 5.32 Å². The number of piperidine rings is 1. The van der Waals surface area contributed by atoms with Gasteiger partial charge in [0.1, 0.15) is 0 Å². The van der Waals surface area contributed by atoms with E-state index in [2.05, 4.69) is 5.32 Å². The highest BCUT2D eigenvalue weighted by Gasteiger charge is 2.45. The number of nitrogens with one attached hydrogen (secondary N) is 1. The molecule has 0 spiro atoms. The van der Waals surface area contributed by atoms with Crippen molar-refractivity contribution < 1.29 is 18.3 Å². The first-order chi connectivity index (χ1) is 5.92. The quantitative estimate of drug-likeness (QED) is 0.708. The number of carbonyl (C=O) groups excluding carboxylic acids is 1. The van der Waals surface area contributed by atoms with Gasteiger partial charge in [-0.3, -0.25) is 4.79 Å². The van der Waals surface area contributed by atoms with Gasteiger partial charge in [-0.2, -0.15) is 8.78 Å². The Morgan fingerprint density at radius 2 is 2.23 bits per heavy atom. The van der Waals surface area contributed by atoms with Crippen LogP contribution in [0, 0.1) is 0 Å². The van der Waals surface area contributed by atoms with E-state index in [4.69, 9.17) is 4.74 Å². The van der Waals surface area contributed by atoms with E-state index in [-0.39, 0.29) is 12.6 Å². The van der Waals surface area contributed by atoms with Crippen LogP contribution in [0.25, 0.3) is 0 Å². The summed E-state index contributed by atoms with van der Waals surface area (Å²) >= 11 is 0. The van der Waals surface area contributed by atoms with Crippen molar-refractivity contribution in [3.8, 4) is 0 Å². The van der Waals surface area contributed by atoms with Crippen molar-refractivity contribution >= 4 is 5.91 Å². The predicted octanol–water partition coefficient (Wildman–Crippen LogP) is 0.935. The molecule has 3 nitrogen and oxygen atoms in total. The Bertz CT molecular complexity index is 206. The molecule has 1 amide bonds. The molecule has 13 heavy (non-hydrogen) atoms. The molecule has 0 bridgehead atoms. The second-order valence-electron chi connectivity index (χ2n) is 3.43. The maximum Gasteiger partial charge on any atom is 0.327 e. The van der Waals surface area contributed by atoms with Gasteiger partial charge in [0, 0.05) is 13.0 Å². The van der Waals surface area contributed by atoms with Crippen LogP contribution in [0.2, 0.25) is 0 Å². The number of amides is 1. The first-order valence-electron chi connectivity index (χ1n) is 4.23. The number of rotatable bonds is 2. The number of ether oxygens (including phenoxy) is 1. The smallest absolute Gasteiger partial charge is 0.327 e. The van der Waals surface area contributed by atoms with Crippen molar-refractivity contribution in [3.63, 3.8) is 0 Å². The lowest BCUT2D eigenvalue weighted by atomic mass is 10.1. The van der Waals surface area contributed by atoms with Crippen molar-refractivity contribution in [2.75, 3.05) is 6.54 Å². The molecule has 1 rings (SSSR count). The summed E-state index contributed by atoms with van der Waals surface area (Å²) in [5.74, 6) is -4.48. The van der Waals surface area contributed by atoms with E-state index in [0.29, 0.717) is 0 Å². The van der Waals surface area contributed by atoms with E-state index in [1.165, 1.54) is 0 Å². The molecule has 1 atom stereocenters. The molecule has 1 aliphatic rings. The summed E-state index contributed by atoms with van der Waals surface area (Å²) in [5.41, 5.74) is 0. The minimum atomic E-state index is -3.28. The van der Waals surface area contributed by atoms with E-state index >= 15 is 0 Å². The minimum Gasteiger partial charge on any atom is -0.373 e. The third-order valence-corrected chi connectivity index (χ3v) is 1.77. The Labute approximate surface area is 75.4 Å². The number of carbonyl (C=O) groups is 1. The van der Waals surface area contributed by atoms with E-state index in [1.807, 2.05) is 0 Å². The molecule has 0 saturated carbocycles. The van der Waals surface area contributed by atoms with Crippen LogP contribution in [-0.2, 0) is 9.53 Å². The van der Waals surface area contributed by atoms with Crippen molar-refractivity contribution in [3.05, 3.63) is 0 Å². The standard InChI is InChI=1S/C8H13F2NO2/c1-5(2)13-6-3-8(9,10)7(12)11-4-6/h5-6H,3-4H2,1-2H3,(H,11,12). The van der Waals surface area contributed by atoms with E-state index in [9.17, 15) is 13.6 Å². The Hall–Kier alpha value is -0.710. The van der Waals surface area contributed by atoms with Gasteiger partial charge in [-0.05, 0) is 13.8 Å². The van der Waals surface area contributed by atoms with E-state index < -0.39 is 24.4 Å². The zero-order chi connectivity index (χ0) is 10.1. The molecule has 0 radical (unpaired) electrons. The Morgan fingerprint density at radius 1 is 1.62 bits per heavy atom. The van der Waals surface area contributed by atoms with Crippen molar-refractivity contribution in [1.29, 1.82) is 0 Å². The maximum absolute atomic E-state index is 12.8. The molecule has 1 saturated heterocycles. The van der Waals surface area contributed by atoms with Gasteiger partial charge in [-0.15, -0.1) is 0 Å². The molecule has 1 fully saturated rings. The highest BCUT2D eigenvalue weighted by Crippen LogP contribution is 2.25. The van der Waals surface area contributed by atoms with Crippen LogP contribution in [-0.4, -0.2) is 30.6 Å². The summed E-state index contributed by atoms with van der Waals surface area (Å²) in [6.45, 7) is 3.72. The summed E-state index contributed by atoms with van der Waals surface area (Å²) in [5, 5.41) is 2.11. The molecule has 0 aliphatic carbocycles. The number of halogens is 2.